The van der Waals surface area contributed by atoms with Crippen molar-refractivity contribution >= 4 is 28.6 Å². The number of imidazole rings is 1. The number of aromatic nitrogens is 2. The van der Waals surface area contributed by atoms with Crippen LogP contribution >= 0.6 is 11.6 Å². The number of esters is 1. The van der Waals surface area contributed by atoms with E-state index >= 15 is 0 Å². The molecule has 1 saturated carbocycles. The van der Waals surface area contributed by atoms with Crippen molar-refractivity contribution in [2.45, 2.75) is 25.2 Å². The van der Waals surface area contributed by atoms with Crippen LogP contribution < -0.4 is 0 Å². The van der Waals surface area contributed by atoms with Crippen LogP contribution in [-0.2, 0) is 22.0 Å². The Morgan fingerprint density at radius 2 is 2.26 bits per heavy atom. The van der Waals surface area contributed by atoms with Gasteiger partial charge >= 0.3 is 5.97 Å². The third kappa shape index (κ3) is 1.82. The van der Waals surface area contributed by atoms with E-state index in [1.165, 1.54) is 0 Å². The van der Waals surface area contributed by atoms with Gasteiger partial charge in [-0.2, -0.15) is 0 Å². The number of benzene rings is 1. The molecule has 1 aliphatic carbocycles. The van der Waals surface area contributed by atoms with E-state index in [2.05, 4.69) is 4.98 Å². The van der Waals surface area contributed by atoms with Gasteiger partial charge in [-0.05, 0) is 38.0 Å². The third-order valence-electron chi connectivity index (χ3n) is 3.69. The van der Waals surface area contributed by atoms with Crippen molar-refractivity contribution < 1.29 is 9.53 Å². The number of hydrogen-bond donors (Lipinski definition) is 0. The van der Waals surface area contributed by atoms with Gasteiger partial charge in [0, 0.05) is 12.1 Å². The summed E-state index contributed by atoms with van der Waals surface area (Å²) in [5, 5.41) is 0.651. The molecule has 0 atom stereocenters. The van der Waals surface area contributed by atoms with Gasteiger partial charge in [-0.15, -0.1) is 0 Å². The fraction of sp³-hybridized carbons (Fsp3) is 0.429. The first-order valence-electron chi connectivity index (χ1n) is 6.38. The maximum Gasteiger partial charge on any atom is 0.319 e. The predicted molar refractivity (Wildman–Crippen MR) is 73.3 cm³/mol. The first-order chi connectivity index (χ1) is 9.08. The monoisotopic (exact) mass is 278 g/mol. The molecule has 0 unspecified atom stereocenters. The predicted octanol–water partition coefficient (Wildman–Crippen LogP) is 2.82. The molecule has 0 spiro atoms. The van der Waals surface area contributed by atoms with Gasteiger partial charge in [0.2, 0.25) is 0 Å². The van der Waals surface area contributed by atoms with E-state index in [0.717, 1.165) is 29.7 Å². The summed E-state index contributed by atoms with van der Waals surface area (Å²) in [5.41, 5.74) is 1.26. The van der Waals surface area contributed by atoms with Crippen LogP contribution in [0.5, 0.6) is 0 Å². The highest BCUT2D eigenvalue weighted by Gasteiger charge is 2.56. The molecule has 1 fully saturated rings. The topological polar surface area (TPSA) is 44.1 Å². The molecule has 100 valence electrons. The Labute approximate surface area is 116 Å². The quantitative estimate of drug-likeness (QED) is 0.811. The zero-order valence-corrected chi connectivity index (χ0v) is 11.7. The summed E-state index contributed by atoms with van der Waals surface area (Å²) in [4.78, 5) is 16.7. The Balaban J connectivity index is 2.11. The lowest BCUT2D eigenvalue weighted by atomic mass is 10.1. The normalized spacial score (nSPS) is 16.6. The molecule has 2 aromatic rings. The maximum absolute atomic E-state index is 12.1. The summed E-state index contributed by atoms with van der Waals surface area (Å²) < 4.78 is 7.15. The summed E-state index contributed by atoms with van der Waals surface area (Å²) in [5.74, 6) is 0.614. The van der Waals surface area contributed by atoms with Crippen LogP contribution in [0.2, 0.25) is 5.02 Å². The summed E-state index contributed by atoms with van der Waals surface area (Å²) in [6.45, 7) is 2.22. The second-order valence-corrected chi connectivity index (χ2v) is 5.37. The van der Waals surface area contributed by atoms with Crippen LogP contribution in [0.15, 0.2) is 18.2 Å². The number of hydrogen-bond acceptors (Lipinski definition) is 3. The highest BCUT2D eigenvalue weighted by atomic mass is 35.5. The Morgan fingerprint density at radius 3 is 2.89 bits per heavy atom. The average Bonchev–Trinajstić information content (AvgIpc) is 3.11. The summed E-state index contributed by atoms with van der Waals surface area (Å²) in [6, 6.07) is 5.58. The fourth-order valence-corrected chi connectivity index (χ4v) is 2.68. The lowest BCUT2D eigenvalue weighted by molar-refractivity contribution is -0.146. The van der Waals surface area contributed by atoms with E-state index in [1.54, 1.807) is 0 Å². The molecule has 4 nitrogen and oxygen atoms in total. The molecule has 5 heteroatoms. The van der Waals surface area contributed by atoms with Gasteiger partial charge < -0.3 is 9.30 Å². The highest BCUT2D eigenvalue weighted by Crippen LogP contribution is 2.49. The van der Waals surface area contributed by atoms with E-state index in [4.69, 9.17) is 16.3 Å². The van der Waals surface area contributed by atoms with Gasteiger partial charge in [0.1, 0.15) is 11.2 Å². The van der Waals surface area contributed by atoms with Crippen LogP contribution in [0.3, 0.4) is 0 Å². The molecule has 0 aliphatic heterocycles. The van der Waals surface area contributed by atoms with Crippen LogP contribution in [0.1, 0.15) is 25.6 Å². The molecule has 0 saturated heterocycles. The van der Waals surface area contributed by atoms with E-state index < -0.39 is 5.41 Å². The van der Waals surface area contributed by atoms with Crippen LogP contribution in [-0.4, -0.2) is 22.1 Å². The van der Waals surface area contributed by atoms with E-state index in [1.807, 2.05) is 36.7 Å². The number of carbonyl (C=O) groups excluding carboxylic acids is 1. The van der Waals surface area contributed by atoms with Crippen molar-refractivity contribution in [3.63, 3.8) is 0 Å². The van der Waals surface area contributed by atoms with Gasteiger partial charge in [-0.3, -0.25) is 4.79 Å². The smallest absolute Gasteiger partial charge is 0.319 e. The van der Waals surface area contributed by atoms with Crippen molar-refractivity contribution in [1.82, 2.24) is 9.55 Å². The molecule has 19 heavy (non-hydrogen) atoms. The summed E-state index contributed by atoms with van der Waals surface area (Å²) >= 11 is 5.98. The Kier molecular flexibility index (Phi) is 2.78. The number of ether oxygens (including phenoxy) is 1. The molecule has 0 radical (unpaired) electrons. The number of carbonyl (C=O) groups is 1. The number of aryl methyl sites for hydroxylation is 1. The van der Waals surface area contributed by atoms with Crippen molar-refractivity contribution in [3.8, 4) is 0 Å². The van der Waals surface area contributed by atoms with E-state index in [-0.39, 0.29) is 5.97 Å². The van der Waals surface area contributed by atoms with Crippen LogP contribution in [0.25, 0.3) is 11.0 Å². The lowest BCUT2D eigenvalue weighted by Crippen LogP contribution is -2.26. The first-order valence-corrected chi connectivity index (χ1v) is 6.76. The first kappa shape index (κ1) is 12.5. The van der Waals surface area contributed by atoms with Gasteiger partial charge in [-0.1, -0.05) is 11.6 Å². The summed E-state index contributed by atoms with van der Waals surface area (Å²) in [7, 11) is 1.93. The zero-order valence-electron chi connectivity index (χ0n) is 10.9. The van der Waals surface area contributed by atoms with Crippen LogP contribution in [0, 0.1) is 0 Å². The van der Waals surface area contributed by atoms with Crippen molar-refractivity contribution in [2.75, 3.05) is 6.61 Å². The molecular formula is C14H15ClN2O2. The molecule has 1 aromatic heterocycles. The second kappa shape index (κ2) is 4.23. The van der Waals surface area contributed by atoms with E-state index in [0.29, 0.717) is 11.6 Å². The third-order valence-corrected chi connectivity index (χ3v) is 3.92. The Morgan fingerprint density at radius 1 is 1.53 bits per heavy atom. The SMILES string of the molecule is CCOC(=O)C1(c2nc3cc(Cl)ccc3n2C)CC1. The molecule has 0 amide bonds. The summed E-state index contributed by atoms with van der Waals surface area (Å²) in [6.07, 6.45) is 1.60. The minimum absolute atomic E-state index is 0.167. The molecule has 1 heterocycles. The molecular weight excluding hydrogens is 264 g/mol. The van der Waals surface area contributed by atoms with Gasteiger partial charge in [0.15, 0.2) is 0 Å². The minimum atomic E-state index is -0.545. The minimum Gasteiger partial charge on any atom is -0.465 e. The number of rotatable bonds is 3. The van der Waals surface area contributed by atoms with Crippen molar-refractivity contribution in [3.05, 3.63) is 29.0 Å². The molecule has 0 N–H and O–H groups in total. The number of halogens is 1. The maximum atomic E-state index is 12.1. The molecule has 3 rings (SSSR count). The molecule has 1 aromatic carbocycles. The lowest BCUT2D eigenvalue weighted by Gasteiger charge is -2.13. The van der Waals surface area contributed by atoms with Gasteiger partial charge in [0.05, 0.1) is 17.6 Å². The van der Waals surface area contributed by atoms with E-state index in [9.17, 15) is 4.79 Å². The number of fused-ring (bicyclic) bond motifs is 1. The largest absolute Gasteiger partial charge is 0.465 e. The number of nitrogens with zero attached hydrogens (tertiary/aromatic N) is 2. The van der Waals surface area contributed by atoms with Gasteiger partial charge in [-0.25, -0.2) is 4.98 Å². The van der Waals surface area contributed by atoms with Crippen LogP contribution in [0.4, 0.5) is 0 Å². The Hall–Kier alpha value is -1.55. The van der Waals surface area contributed by atoms with Gasteiger partial charge in [0.25, 0.3) is 0 Å². The second-order valence-electron chi connectivity index (χ2n) is 4.93. The highest BCUT2D eigenvalue weighted by molar-refractivity contribution is 6.31. The zero-order chi connectivity index (χ0) is 13.6. The average molecular weight is 279 g/mol. The Bertz CT molecular complexity index is 659. The fourth-order valence-electron chi connectivity index (χ4n) is 2.51. The standard InChI is InChI=1S/C14H15ClN2O2/c1-3-19-13(18)14(6-7-14)12-16-10-8-9(15)4-5-11(10)17(12)2/h4-5,8H,3,6-7H2,1-2H3. The van der Waals surface area contributed by atoms with Crippen molar-refractivity contribution in [2.24, 2.45) is 7.05 Å². The molecule has 1 aliphatic rings. The van der Waals surface area contributed by atoms with Crippen molar-refractivity contribution in [1.29, 1.82) is 0 Å². The molecule has 0 bridgehead atoms.